The van der Waals surface area contributed by atoms with Crippen LogP contribution in [0.1, 0.15) is 10.4 Å². The van der Waals surface area contributed by atoms with Crippen molar-refractivity contribution < 1.29 is 37.1 Å². The van der Waals surface area contributed by atoms with Gasteiger partial charge in [0.2, 0.25) is 0 Å². The molecule has 0 bridgehead atoms. The number of carbonyl (C=O) groups excluding carboxylic acids is 1. The highest BCUT2D eigenvalue weighted by atomic mass is 19.4. The number of hydrogen-bond acceptors (Lipinski definition) is 6. The van der Waals surface area contributed by atoms with Crippen LogP contribution in [0, 0.1) is 10.1 Å². The van der Waals surface area contributed by atoms with Crippen molar-refractivity contribution >= 4 is 11.6 Å². The Morgan fingerprint density at radius 2 is 2.16 bits per heavy atom. The highest BCUT2D eigenvalue weighted by Crippen LogP contribution is 2.25. The van der Waals surface area contributed by atoms with Crippen LogP contribution >= 0.6 is 0 Å². The molecule has 1 saturated heterocycles. The molecule has 1 heterocycles. The minimum atomic E-state index is -4.57. The third-order valence-corrected chi connectivity index (χ3v) is 3.19. The molecule has 0 radical (unpaired) electrons. The molecule has 1 atom stereocenters. The van der Waals surface area contributed by atoms with Gasteiger partial charge in [0.25, 0.3) is 11.6 Å². The maximum atomic E-state index is 12.2. The molecule has 0 aliphatic carbocycles. The smallest absolute Gasteiger partial charge is 0.422 e. The van der Waals surface area contributed by atoms with Crippen molar-refractivity contribution in [3.05, 3.63) is 33.9 Å². The van der Waals surface area contributed by atoms with E-state index in [0.29, 0.717) is 13.2 Å². The first-order valence-corrected chi connectivity index (χ1v) is 7.22. The Morgan fingerprint density at radius 1 is 1.40 bits per heavy atom. The van der Waals surface area contributed by atoms with Gasteiger partial charge < -0.3 is 19.5 Å². The number of ether oxygens (including phenoxy) is 3. The summed E-state index contributed by atoms with van der Waals surface area (Å²) in [6.07, 6.45) is -4.97. The number of carbonyl (C=O) groups is 1. The predicted molar refractivity (Wildman–Crippen MR) is 77.5 cm³/mol. The molecule has 8 nitrogen and oxygen atoms in total. The van der Waals surface area contributed by atoms with Crippen molar-refractivity contribution in [2.75, 3.05) is 33.0 Å². The molecule has 1 N–H and O–H groups in total. The highest BCUT2D eigenvalue weighted by molar-refractivity contribution is 5.98. The largest absolute Gasteiger partial charge is 0.484 e. The van der Waals surface area contributed by atoms with Gasteiger partial charge >= 0.3 is 6.18 Å². The summed E-state index contributed by atoms with van der Waals surface area (Å²) in [4.78, 5) is 22.4. The van der Waals surface area contributed by atoms with Crippen molar-refractivity contribution in [1.82, 2.24) is 5.32 Å². The van der Waals surface area contributed by atoms with Crippen molar-refractivity contribution in [2.45, 2.75) is 12.3 Å². The summed E-state index contributed by atoms with van der Waals surface area (Å²) in [5, 5.41) is 13.5. The molecule has 1 aromatic carbocycles. The molecular weight excluding hydrogens is 349 g/mol. The van der Waals surface area contributed by atoms with E-state index in [-0.39, 0.29) is 18.9 Å². The van der Waals surface area contributed by atoms with E-state index < -0.39 is 41.0 Å². The standard InChI is InChI=1S/C14H15F3N2O6/c15-14(16,17)8-25-9-1-2-12(19(21)22)11(5-9)13(20)18-6-10-7-23-3-4-24-10/h1-2,5,10H,3-4,6-8H2,(H,18,20). The summed E-state index contributed by atoms with van der Waals surface area (Å²) in [5.74, 6) is -1.12. The molecule has 25 heavy (non-hydrogen) atoms. The molecule has 1 aromatic rings. The van der Waals surface area contributed by atoms with Crippen LogP contribution in [-0.4, -0.2) is 56.1 Å². The molecule has 1 aliphatic rings. The Bertz CT molecular complexity index is 631. The Morgan fingerprint density at radius 3 is 2.76 bits per heavy atom. The van der Waals surface area contributed by atoms with Crippen molar-refractivity contribution in [2.24, 2.45) is 0 Å². The Balaban J connectivity index is 2.08. The van der Waals surface area contributed by atoms with Gasteiger partial charge in [0.1, 0.15) is 11.3 Å². The minimum Gasteiger partial charge on any atom is -0.484 e. The molecular formula is C14H15F3N2O6. The SMILES string of the molecule is O=C(NCC1COCCO1)c1cc(OCC(F)(F)F)ccc1[N+](=O)[O-]. The normalized spacial score (nSPS) is 17.8. The van der Waals surface area contributed by atoms with Crippen LogP contribution in [0.5, 0.6) is 5.75 Å². The number of benzene rings is 1. The Labute approximate surface area is 140 Å². The molecule has 0 aromatic heterocycles. The van der Waals surface area contributed by atoms with E-state index >= 15 is 0 Å². The lowest BCUT2D eigenvalue weighted by atomic mass is 10.1. The second-order valence-corrected chi connectivity index (χ2v) is 5.12. The second-order valence-electron chi connectivity index (χ2n) is 5.12. The number of nitrogens with zero attached hydrogens (tertiary/aromatic N) is 1. The molecule has 0 saturated carbocycles. The van der Waals surface area contributed by atoms with Gasteiger partial charge in [-0.15, -0.1) is 0 Å². The van der Waals surface area contributed by atoms with E-state index in [2.05, 4.69) is 10.1 Å². The van der Waals surface area contributed by atoms with Crippen LogP contribution in [0.2, 0.25) is 0 Å². The zero-order valence-electron chi connectivity index (χ0n) is 12.9. The maximum Gasteiger partial charge on any atom is 0.422 e. The fourth-order valence-electron chi connectivity index (χ4n) is 2.07. The van der Waals surface area contributed by atoms with Crippen LogP contribution in [0.25, 0.3) is 0 Å². The van der Waals surface area contributed by atoms with Gasteiger partial charge in [0, 0.05) is 12.6 Å². The minimum absolute atomic E-state index is 0.0453. The monoisotopic (exact) mass is 364 g/mol. The van der Waals surface area contributed by atoms with Gasteiger partial charge in [-0.1, -0.05) is 0 Å². The Hall–Kier alpha value is -2.40. The van der Waals surface area contributed by atoms with E-state index in [4.69, 9.17) is 9.47 Å². The predicted octanol–water partition coefficient (Wildman–Crippen LogP) is 1.68. The summed E-state index contributed by atoms with van der Waals surface area (Å²) in [5.41, 5.74) is -0.945. The summed E-state index contributed by atoms with van der Waals surface area (Å²) in [7, 11) is 0. The number of halogens is 3. The molecule has 0 spiro atoms. The van der Waals surface area contributed by atoms with Gasteiger partial charge in [-0.3, -0.25) is 14.9 Å². The van der Waals surface area contributed by atoms with E-state index in [0.717, 1.165) is 18.2 Å². The molecule has 1 fully saturated rings. The summed E-state index contributed by atoms with van der Waals surface area (Å²) in [6, 6.07) is 2.82. The van der Waals surface area contributed by atoms with E-state index in [1.807, 2.05) is 0 Å². The van der Waals surface area contributed by atoms with Gasteiger partial charge in [-0.25, -0.2) is 0 Å². The van der Waals surface area contributed by atoms with Gasteiger partial charge in [-0.05, 0) is 12.1 Å². The zero-order valence-corrected chi connectivity index (χ0v) is 12.9. The maximum absolute atomic E-state index is 12.2. The molecule has 11 heteroatoms. The summed E-state index contributed by atoms with van der Waals surface area (Å²) >= 11 is 0. The first-order valence-electron chi connectivity index (χ1n) is 7.22. The molecule has 1 unspecified atom stereocenters. The third kappa shape index (κ3) is 5.87. The number of nitrogens with one attached hydrogen (secondary N) is 1. The lowest BCUT2D eigenvalue weighted by Gasteiger charge is -2.23. The van der Waals surface area contributed by atoms with Gasteiger partial charge in [0.05, 0.1) is 30.8 Å². The van der Waals surface area contributed by atoms with E-state index in [9.17, 15) is 28.1 Å². The molecule has 2 rings (SSSR count). The van der Waals surface area contributed by atoms with Crippen LogP contribution in [0.3, 0.4) is 0 Å². The van der Waals surface area contributed by atoms with Gasteiger partial charge in [-0.2, -0.15) is 13.2 Å². The second kappa shape index (κ2) is 8.12. The fourth-order valence-corrected chi connectivity index (χ4v) is 2.07. The highest BCUT2D eigenvalue weighted by Gasteiger charge is 2.29. The van der Waals surface area contributed by atoms with Crippen molar-refractivity contribution in [3.63, 3.8) is 0 Å². The van der Waals surface area contributed by atoms with Crippen LogP contribution < -0.4 is 10.1 Å². The number of amides is 1. The molecule has 138 valence electrons. The number of rotatable bonds is 6. The summed E-state index contributed by atoms with van der Waals surface area (Å²) < 4.78 is 51.6. The topological polar surface area (TPSA) is 99.9 Å². The van der Waals surface area contributed by atoms with Gasteiger partial charge in [0.15, 0.2) is 6.61 Å². The third-order valence-electron chi connectivity index (χ3n) is 3.19. The summed E-state index contributed by atoms with van der Waals surface area (Å²) in [6.45, 7) is -0.462. The van der Waals surface area contributed by atoms with Crippen LogP contribution in [-0.2, 0) is 9.47 Å². The average molecular weight is 364 g/mol. The fraction of sp³-hybridized carbons (Fsp3) is 0.500. The average Bonchev–Trinajstić information content (AvgIpc) is 2.57. The lowest BCUT2D eigenvalue weighted by molar-refractivity contribution is -0.385. The van der Waals surface area contributed by atoms with E-state index in [1.54, 1.807) is 0 Å². The molecule has 1 aliphatic heterocycles. The number of alkyl halides is 3. The first-order chi connectivity index (χ1) is 11.8. The van der Waals surface area contributed by atoms with Crippen LogP contribution in [0.15, 0.2) is 18.2 Å². The van der Waals surface area contributed by atoms with E-state index in [1.165, 1.54) is 0 Å². The number of nitro groups is 1. The molecule has 1 amide bonds. The van der Waals surface area contributed by atoms with Crippen molar-refractivity contribution in [3.8, 4) is 5.75 Å². The number of nitro benzene ring substituents is 1. The quantitative estimate of drug-likeness (QED) is 0.609. The lowest BCUT2D eigenvalue weighted by Crippen LogP contribution is -2.39. The Kier molecular flexibility index (Phi) is 6.15. The van der Waals surface area contributed by atoms with Crippen molar-refractivity contribution in [1.29, 1.82) is 0 Å². The number of hydrogen-bond donors (Lipinski definition) is 1. The zero-order chi connectivity index (χ0) is 18.4. The van der Waals surface area contributed by atoms with Crippen LogP contribution in [0.4, 0.5) is 18.9 Å². The first kappa shape index (κ1) is 18.9.